The van der Waals surface area contributed by atoms with Crippen LogP contribution in [0.15, 0.2) is 227 Å². The Balaban J connectivity index is 0.000000199. The van der Waals surface area contributed by atoms with Crippen LogP contribution in [0.2, 0.25) is 0 Å². The highest BCUT2D eigenvalue weighted by molar-refractivity contribution is 6.50. The number of para-hydroxylation sites is 5. The number of ketones is 4. The first-order valence-electron chi connectivity index (χ1n) is 41.7. The molecule has 0 fully saturated rings. The number of aromatic nitrogens is 4. The molecule has 0 N–H and O–H groups in total. The van der Waals surface area contributed by atoms with Gasteiger partial charge in [-0.3, -0.25) is 29.3 Å². The second kappa shape index (κ2) is 48.8. The van der Waals surface area contributed by atoms with E-state index in [0.717, 1.165) is 158 Å². The second-order valence-electron chi connectivity index (χ2n) is 28.8. The largest absolute Gasteiger partial charge is 0.350 e. The number of hydrogen-bond acceptors (Lipinski definition) is 18. The number of nitro groups is 1. The van der Waals surface area contributed by atoms with Gasteiger partial charge < -0.3 is 37.6 Å². The molecule has 0 saturated carbocycles. The van der Waals surface area contributed by atoms with Crippen LogP contribution in [0.4, 0.5) is 5.69 Å². The summed E-state index contributed by atoms with van der Waals surface area (Å²) >= 11 is 0. The quantitative estimate of drug-likeness (QED) is 0.00860. The van der Waals surface area contributed by atoms with Crippen LogP contribution in [0.1, 0.15) is 256 Å². The number of nitrogens with zero attached hydrogens (tertiary/aromatic N) is 9. The van der Waals surface area contributed by atoms with Crippen molar-refractivity contribution in [1.82, 2.24) is 18.3 Å². The minimum Gasteiger partial charge on any atom is -0.350 e. The van der Waals surface area contributed by atoms with E-state index in [0.29, 0.717) is 77.3 Å². The van der Waals surface area contributed by atoms with Crippen molar-refractivity contribution in [3.8, 4) is 11.4 Å². The lowest BCUT2D eigenvalue weighted by Crippen LogP contribution is -2.16. The van der Waals surface area contributed by atoms with E-state index >= 15 is 0 Å². The van der Waals surface area contributed by atoms with E-state index < -0.39 is 28.8 Å². The maximum Gasteiger partial charge on any atom is 0.334 e. The normalized spacial score (nSPS) is 11.6. The summed E-state index contributed by atoms with van der Waals surface area (Å²) in [5.74, 6) is -2.65. The van der Waals surface area contributed by atoms with Crippen LogP contribution >= 0.6 is 0 Å². The minimum absolute atomic E-state index is 0.00856. The van der Waals surface area contributed by atoms with Gasteiger partial charge in [-0.1, -0.05) is 274 Å². The number of Topliss-reactive ketones (excluding diaryl/α,β-unsaturated/α-hetero) is 4. The molecule has 11 aromatic rings. The summed E-state index contributed by atoms with van der Waals surface area (Å²) in [5, 5.41) is 30.1. The van der Waals surface area contributed by atoms with Gasteiger partial charge in [0, 0.05) is 142 Å². The van der Waals surface area contributed by atoms with E-state index in [1.165, 1.54) is 12.1 Å². The summed E-state index contributed by atoms with van der Waals surface area (Å²) in [6, 6.07) is 57.1. The molecule has 0 unspecified atom stereocenters. The zero-order chi connectivity index (χ0) is 85.4. The van der Waals surface area contributed by atoms with Gasteiger partial charge in [0.25, 0.3) is 5.69 Å². The lowest BCUT2D eigenvalue weighted by atomic mass is 10.0. The van der Waals surface area contributed by atoms with Gasteiger partial charge in [-0.25, -0.2) is 19.2 Å². The number of unbranched alkanes of at least 4 members (excludes halogenated alkanes) is 12. The Hall–Kier alpha value is -12.7. The van der Waals surface area contributed by atoms with Gasteiger partial charge in [0.15, 0.2) is 0 Å². The lowest BCUT2D eigenvalue weighted by molar-refractivity contribution is -0.384. The van der Waals surface area contributed by atoms with Gasteiger partial charge in [0.05, 0.1) is 16.0 Å². The van der Waals surface area contributed by atoms with E-state index in [2.05, 4.69) is 65.0 Å². The molecule has 119 heavy (non-hydrogen) atoms. The van der Waals surface area contributed by atoms with Gasteiger partial charge >= 0.3 is 23.9 Å². The average Bonchev–Trinajstić information content (AvgIpc) is 1.66. The first kappa shape index (κ1) is 91.9. The van der Waals surface area contributed by atoms with Crippen molar-refractivity contribution in [2.75, 3.05) is 0 Å². The monoisotopic (exact) mass is 1610 g/mol. The van der Waals surface area contributed by atoms with Crippen molar-refractivity contribution in [3.05, 3.63) is 245 Å². The van der Waals surface area contributed by atoms with Crippen LogP contribution in [-0.4, -0.2) is 93.0 Å². The summed E-state index contributed by atoms with van der Waals surface area (Å²) in [6.07, 6.45) is 26.1. The lowest BCUT2D eigenvalue weighted by Gasteiger charge is -2.05. The maximum absolute atomic E-state index is 13.5. The molecule has 0 bridgehead atoms. The fourth-order valence-corrected chi connectivity index (χ4v) is 13.3. The summed E-state index contributed by atoms with van der Waals surface area (Å²) in [4.78, 5) is 130. The highest BCUT2D eigenvalue weighted by Gasteiger charge is 2.27. The van der Waals surface area contributed by atoms with Crippen molar-refractivity contribution < 1.29 is 62.6 Å². The number of nitro benzene ring substituents is 1. The van der Waals surface area contributed by atoms with E-state index in [4.69, 9.17) is 19.4 Å². The first-order valence-corrected chi connectivity index (χ1v) is 41.7. The molecule has 4 heterocycles. The number of rotatable bonds is 41. The number of non-ortho nitro benzene ring substituents is 1. The number of hydrogen-bond donors (Lipinski definition) is 0. The van der Waals surface area contributed by atoms with Gasteiger partial charge in [0.2, 0.25) is 23.1 Å². The molecule has 0 atom stereocenters. The molecular formula is C96H111N9O14. The zero-order valence-corrected chi connectivity index (χ0v) is 70.0. The van der Waals surface area contributed by atoms with Crippen molar-refractivity contribution in [1.29, 1.82) is 0 Å². The molecule has 0 radical (unpaired) electrons. The summed E-state index contributed by atoms with van der Waals surface area (Å²) < 4.78 is 7.84. The molecular weight excluding hydrogens is 1500 g/mol. The molecule has 624 valence electrons. The molecule has 0 aliphatic carbocycles. The van der Waals surface area contributed by atoms with Crippen molar-refractivity contribution in [3.63, 3.8) is 0 Å². The highest BCUT2D eigenvalue weighted by Crippen LogP contribution is 2.31. The average molecular weight is 1610 g/mol. The minimum atomic E-state index is -0.498. The standard InChI is InChI=1S/C26H30N2O3.C25H27N3O5.C25H28N2O3.C20H26N2O3/c1-3-5-6-10-16-23(27-31-25(29)4-2)26(30)22-19-28(18-20-13-8-7-9-14-20)24-17-12-11-15-21(22)24;1-3-5-6-7-11-22(26-33-24(29)4-2)25(30)21-17-27(23-12-9-8-10-20(21)23)18-13-15-19(16-14-18)28(31)32;1-3-5-6-10-16-22(26-30-24(28)4-2)25(29)21-18-27(19-13-8-7-9-14-19)23-17-12-11-15-20(21)23;1-4-6-7-8-12-17(21-25-19(23)5-2)20(24)16-14-22(3)18-13-10-9-11-15(16)18/h7-9,11-15,17,19H,3-6,10,16,18H2,1-2H3;8-10,12-17H,3-7,11H2,1-2H3;7-9,11-15,17-18H,3-6,10,16H2,1-2H3;9-11,13-14H,4-8,12H2,1-3H3/b27-23+;2*26-22+;21-17+. The Morgan fingerprint density at radius 1 is 0.328 bits per heavy atom. The molecule has 23 nitrogen and oxygen atoms in total. The summed E-state index contributed by atoms with van der Waals surface area (Å²) in [7, 11) is 1.91. The van der Waals surface area contributed by atoms with E-state index in [-0.39, 0.29) is 60.2 Å². The molecule has 0 aliphatic heterocycles. The SMILES string of the molecule is CCCCCC/C(=N\OC(=O)CC)C(=O)c1cn(-c2ccc([N+](=O)[O-])cc2)c2ccccc12.CCCCCC/C(=N\OC(=O)CC)C(=O)c1cn(-c2ccccc2)c2ccccc12.CCCCCC/C(=N\OC(=O)CC)C(=O)c1cn(C)c2ccccc12.CCCCCC/C(=N\OC(=O)CC)C(=O)c1cn(Cc2ccccc2)c2ccccc12. The van der Waals surface area contributed by atoms with Crippen molar-refractivity contribution >= 4 is 119 Å². The molecule has 0 saturated heterocycles. The molecule has 0 amide bonds. The molecule has 11 rings (SSSR count). The predicted octanol–water partition coefficient (Wildman–Crippen LogP) is 22.9. The van der Waals surface area contributed by atoms with Crippen LogP contribution < -0.4 is 0 Å². The Labute approximate surface area is 696 Å². The van der Waals surface area contributed by atoms with E-state index in [1.807, 2.05) is 185 Å². The number of fused-ring (bicyclic) bond motifs is 4. The number of benzene rings is 7. The van der Waals surface area contributed by atoms with Gasteiger partial charge in [-0.15, -0.1) is 0 Å². The maximum atomic E-state index is 13.5. The number of aryl methyl sites for hydroxylation is 1. The Morgan fingerprint density at radius 3 is 0.975 bits per heavy atom. The highest BCUT2D eigenvalue weighted by atomic mass is 16.7. The van der Waals surface area contributed by atoms with E-state index in [1.54, 1.807) is 46.0 Å². The van der Waals surface area contributed by atoms with Crippen LogP contribution in [0, 0.1) is 10.1 Å². The molecule has 0 aliphatic rings. The Morgan fingerprint density at radius 2 is 0.622 bits per heavy atom. The van der Waals surface area contributed by atoms with E-state index in [9.17, 15) is 48.5 Å². The third kappa shape index (κ3) is 26.7. The molecule has 7 aromatic carbocycles. The zero-order valence-electron chi connectivity index (χ0n) is 70.0. The first-order chi connectivity index (χ1) is 57.8. The van der Waals surface area contributed by atoms with Gasteiger partial charge in [-0.05, 0) is 105 Å². The fraction of sp³-hybridized carbons (Fsp3) is 0.354. The summed E-state index contributed by atoms with van der Waals surface area (Å²) in [5.41, 5.74) is 9.84. The molecule has 23 heteroatoms. The van der Waals surface area contributed by atoms with Crippen LogP contribution in [0.25, 0.3) is 55.0 Å². The Bertz CT molecular complexity index is 5350. The number of carbonyl (C=O) groups is 8. The molecule has 0 spiro atoms. The third-order valence-corrected chi connectivity index (χ3v) is 20.0. The smallest absolute Gasteiger partial charge is 0.334 e. The second-order valence-corrected chi connectivity index (χ2v) is 28.8. The summed E-state index contributed by atoms with van der Waals surface area (Å²) in [6.45, 7) is 16.0. The van der Waals surface area contributed by atoms with Crippen LogP contribution in [-0.2, 0) is 52.1 Å². The number of carbonyl (C=O) groups excluding carboxylic acids is 8. The van der Waals surface area contributed by atoms with Crippen molar-refractivity contribution in [2.45, 2.75) is 216 Å². The number of oxime groups is 4. The third-order valence-electron chi connectivity index (χ3n) is 20.0. The van der Waals surface area contributed by atoms with Crippen LogP contribution in [0.5, 0.6) is 0 Å². The van der Waals surface area contributed by atoms with Crippen molar-refractivity contribution in [2.24, 2.45) is 27.7 Å². The van der Waals surface area contributed by atoms with Gasteiger partial charge in [-0.2, -0.15) is 0 Å². The predicted molar refractivity (Wildman–Crippen MR) is 471 cm³/mol. The van der Waals surface area contributed by atoms with Crippen LogP contribution in [0.3, 0.4) is 0 Å². The molecule has 4 aromatic heterocycles. The fourth-order valence-electron chi connectivity index (χ4n) is 13.3. The topological polar surface area (TPSA) is 286 Å². The Kier molecular flexibility index (Phi) is 37.6. The van der Waals surface area contributed by atoms with Gasteiger partial charge in [0.1, 0.15) is 22.8 Å².